The summed E-state index contributed by atoms with van der Waals surface area (Å²) in [5.74, 6) is -0.550. The van der Waals surface area contributed by atoms with E-state index in [0.717, 1.165) is 24.2 Å². The van der Waals surface area contributed by atoms with Crippen molar-refractivity contribution in [2.75, 3.05) is 6.54 Å². The largest absolute Gasteiger partial charge is 0.355 e. The minimum absolute atomic E-state index is 0.00369. The van der Waals surface area contributed by atoms with Gasteiger partial charge in [-0.15, -0.1) is 0 Å². The second-order valence-electron chi connectivity index (χ2n) is 10.9. The molecular formula is C27H39FN4O2. The van der Waals surface area contributed by atoms with Gasteiger partial charge < -0.3 is 10.6 Å². The Kier molecular flexibility index (Phi) is 9.71. The van der Waals surface area contributed by atoms with Gasteiger partial charge in [-0.05, 0) is 49.9 Å². The highest BCUT2D eigenvalue weighted by molar-refractivity contribution is 5.82. The van der Waals surface area contributed by atoms with E-state index in [2.05, 4.69) is 20.6 Å². The maximum Gasteiger partial charge on any atom is 0.225 e. The fourth-order valence-corrected chi connectivity index (χ4v) is 3.43. The number of carbonyl (C=O) groups is 2. The van der Waals surface area contributed by atoms with Crippen molar-refractivity contribution in [3.05, 3.63) is 59.9 Å². The summed E-state index contributed by atoms with van der Waals surface area (Å²) >= 11 is 0. The monoisotopic (exact) mass is 470 g/mol. The topological polar surface area (TPSA) is 84.0 Å². The number of rotatable bonds is 10. The molecule has 2 heterocycles. The van der Waals surface area contributed by atoms with Crippen molar-refractivity contribution in [2.24, 2.45) is 10.8 Å². The zero-order valence-corrected chi connectivity index (χ0v) is 21.3. The first kappa shape index (κ1) is 27.4. The Labute approximate surface area is 203 Å². The van der Waals surface area contributed by atoms with Crippen LogP contribution in [0.1, 0.15) is 78.1 Å². The van der Waals surface area contributed by atoms with Gasteiger partial charge in [0, 0.05) is 46.9 Å². The molecule has 2 atom stereocenters. The highest BCUT2D eigenvalue weighted by atomic mass is 19.1. The van der Waals surface area contributed by atoms with Crippen molar-refractivity contribution in [1.29, 1.82) is 0 Å². The van der Waals surface area contributed by atoms with E-state index in [1.165, 1.54) is 12.3 Å². The SMILES string of the molecule is CC(C)(C)C(=O)NCC(CCC(CCc1ccccn1)NC(=O)C(C)(C)C)c1ccc(F)cn1. The number of carbonyl (C=O) groups excluding carboxylic acids is 2. The van der Waals surface area contributed by atoms with Crippen LogP contribution in [0.4, 0.5) is 4.39 Å². The normalized spacial score (nSPS) is 13.7. The molecule has 2 unspecified atom stereocenters. The first-order valence-corrected chi connectivity index (χ1v) is 12.0. The Morgan fingerprint density at radius 1 is 0.912 bits per heavy atom. The Balaban J connectivity index is 2.13. The molecule has 7 heteroatoms. The fourth-order valence-electron chi connectivity index (χ4n) is 3.43. The van der Waals surface area contributed by atoms with Gasteiger partial charge in [-0.1, -0.05) is 47.6 Å². The molecule has 0 fully saturated rings. The van der Waals surface area contributed by atoms with Crippen LogP contribution >= 0.6 is 0 Å². The summed E-state index contributed by atoms with van der Waals surface area (Å²) in [6.07, 6.45) is 5.84. The Morgan fingerprint density at radius 2 is 1.62 bits per heavy atom. The second-order valence-corrected chi connectivity index (χ2v) is 10.9. The van der Waals surface area contributed by atoms with Crippen molar-refractivity contribution in [2.45, 2.75) is 79.2 Å². The van der Waals surface area contributed by atoms with Gasteiger partial charge in [-0.25, -0.2) is 4.39 Å². The number of hydrogen-bond acceptors (Lipinski definition) is 4. The molecule has 0 aromatic carbocycles. The maximum atomic E-state index is 13.5. The summed E-state index contributed by atoms with van der Waals surface area (Å²) in [5.41, 5.74) is 0.696. The summed E-state index contributed by atoms with van der Waals surface area (Å²) in [5, 5.41) is 6.21. The van der Waals surface area contributed by atoms with E-state index >= 15 is 0 Å². The first-order chi connectivity index (χ1) is 15.9. The number of aryl methyl sites for hydroxylation is 1. The zero-order chi connectivity index (χ0) is 25.4. The molecule has 2 N–H and O–H groups in total. The van der Waals surface area contributed by atoms with E-state index in [9.17, 15) is 14.0 Å². The third-order valence-electron chi connectivity index (χ3n) is 5.71. The molecule has 34 heavy (non-hydrogen) atoms. The minimum atomic E-state index is -0.507. The third-order valence-corrected chi connectivity index (χ3v) is 5.71. The molecule has 2 rings (SSSR count). The molecule has 0 bridgehead atoms. The summed E-state index contributed by atoms with van der Waals surface area (Å²) in [4.78, 5) is 33.8. The van der Waals surface area contributed by atoms with Crippen LogP contribution < -0.4 is 10.6 Å². The predicted molar refractivity (Wildman–Crippen MR) is 133 cm³/mol. The molecule has 2 aromatic heterocycles. The Morgan fingerprint density at radius 3 is 2.18 bits per heavy atom. The van der Waals surface area contributed by atoms with E-state index in [-0.39, 0.29) is 23.8 Å². The van der Waals surface area contributed by atoms with Crippen LogP contribution in [0.15, 0.2) is 42.7 Å². The lowest BCUT2D eigenvalue weighted by atomic mass is 9.91. The maximum absolute atomic E-state index is 13.5. The number of hydrogen-bond donors (Lipinski definition) is 2. The Hall–Kier alpha value is -2.83. The molecule has 0 saturated carbocycles. The number of aromatic nitrogens is 2. The summed E-state index contributed by atoms with van der Waals surface area (Å²) in [7, 11) is 0. The van der Waals surface area contributed by atoms with Crippen LogP contribution in [0.2, 0.25) is 0 Å². The van der Waals surface area contributed by atoms with E-state index in [0.29, 0.717) is 19.4 Å². The quantitative estimate of drug-likeness (QED) is 0.522. The van der Waals surface area contributed by atoms with E-state index in [4.69, 9.17) is 0 Å². The van der Waals surface area contributed by atoms with Gasteiger partial charge in [-0.3, -0.25) is 19.6 Å². The molecule has 0 spiro atoms. The molecule has 0 aliphatic rings. The number of halogens is 1. The van der Waals surface area contributed by atoms with Crippen molar-refractivity contribution in [1.82, 2.24) is 20.6 Å². The van der Waals surface area contributed by atoms with Crippen LogP contribution in [0, 0.1) is 16.6 Å². The second kappa shape index (κ2) is 12.0. The molecular weight excluding hydrogens is 431 g/mol. The summed E-state index contributed by atoms with van der Waals surface area (Å²) < 4.78 is 13.5. The fraction of sp³-hybridized carbons (Fsp3) is 0.556. The molecule has 0 aliphatic heterocycles. The van der Waals surface area contributed by atoms with Crippen molar-refractivity contribution in [3.63, 3.8) is 0 Å². The lowest BCUT2D eigenvalue weighted by Crippen LogP contribution is -2.42. The van der Waals surface area contributed by atoms with Crippen LogP contribution in [0.3, 0.4) is 0 Å². The van der Waals surface area contributed by atoms with E-state index in [1.807, 2.05) is 59.7 Å². The smallest absolute Gasteiger partial charge is 0.225 e. The molecule has 0 radical (unpaired) electrons. The molecule has 0 aliphatic carbocycles. The summed E-state index contributed by atoms with van der Waals surface area (Å²) in [6.45, 7) is 11.7. The number of pyridine rings is 2. The van der Waals surface area contributed by atoms with Crippen LogP contribution in [0.25, 0.3) is 0 Å². The lowest BCUT2D eigenvalue weighted by Gasteiger charge is -2.27. The average Bonchev–Trinajstić information content (AvgIpc) is 2.77. The van der Waals surface area contributed by atoms with Gasteiger partial charge in [0.05, 0.1) is 6.20 Å². The van der Waals surface area contributed by atoms with Crippen LogP contribution in [-0.4, -0.2) is 34.4 Å². The van der Waals surface area contributed by atoms with Gasteiger partial charge >= 0.3 is 0 Å². The van der Waals surface area contributed by atoms with Crippen molar-refractivity contribution >= 4 is 11.8 Å². The number of nitrogens with one attached hydrogen (secondary N) is 2. The van der Waals surface area contributed by atoms with E-state index in [1.54, 1.807) is 12.3 Å². The molecule has 6 nitrogen and oxygen atoms in total. The highest BCUT2D eigenvalue weighted by Gasteiger charge is 2.26. The van der Waals surface area contributed by atoms with Gasteiger partial charge in [0.2, 0.25) is 11.8 Å². The first-order valence-electron chi connectivity index (χ1n) is 12.0. The standard InChI is InChI=1S/C27H39FN4O2/c1-26(2,3)24(33)31-17-19(23-15-11-20(28)18-30-23)10-12-22(32-25(34)27(4,5)6)14-13-21-9-7-8-16-29-21/h7-9,11,15-16,18-19,22H,10,12-14,17H2,1-6H3,(H,31,33)(H,32,34). The van der Waals surface area contributed by atoms with Gasteiger partial charge in [0.15, 0.2) is 0 Å². The highest BCUT2D eigenvalue weighted by Crippen LogP contribution is 2.23. The van der Waals surface area contributed by atoms with Gasteiger partial charge in [-0.2, -0.15) is 0 Å². The Bertz CT molecular complexity index is 918. The average molecular weight is 471 g/mol. The molecule has 2 amide bonds. The molecule has 186 valence electrons. The zero-order valence-electron chi connectivity index (χ0n) is 21.3. The van der Waals surface area contributed by atoms with Crippen molar-refractivity contribution in [3.8, 4) is 0 Å². The summed E-state index contributed by atoms with van der Waals surface area (Å²) in [6, 6.07) is 8.82. The molecule has 2 aromatic rings. The van der Waals surface area contributed by atoms with Gasteiger partial charge in [0.1, 0.15) is 5.82 Å². The van der Waals surface area contributed by atoms with Crippen molar-refractivity contribution < 1.29 is 14.0 Å². The third kappa shape index (κ3) is 9.20. The van der Waals surface area contributed by atoms with Crippen LogP contribution in [0.5, 0.6) is 0 Å². The number of amides is 2. The van der Waals surface area contributed by atoms with Crippen LogP contribution in [-0.2, 0) is 16.0 Å². The van der Waals surface area contributed by atoms with Gasteiger partial charge in [0.25, 0.3) is 0 Å². The van der Waals surface area contributed by atoms with E-state index < -0.39 is 16.6 Å². The number of nitrogens with zero attached hydrogens (tertiary/aromatic N) is 2. The molecule has 0 saturated heterocycles. The lowest BCUT2D eigenvalue weighted by molar-refractivity contribution is -0.129. The predicted octanol–water partition coefficient (Wildman–Crippen LogP) is 4.81. The minimum Gasteiger partial charge on any atom is -0.355 e.